The number of carbonyl (C=O) groups is 1. The standard InChI is InChI=1S/C33H25FN6O/c34-20-11-14-26-28(18-20)39-33(38-26)25-8-5-10-30-31(25)24-7-1-2-9-29(24)40(30)22-12-13-23(32(35)41)27(19-22)37-17-15-21-6-3-4-16-36-21/h1-14,16,18-19,37H,15,17H2,(H2,35,41)(H,38,39). The number of amides is 1. The number of anilines is 1. The van der Waals surface area contributed by atoms with Crippen LogP contribution < -0.4 is 11.1 Å². The molecule has 1 amide bonds. The van der Waals surface area contributed by atoms with Gasteiger partial charge in [0.2, 0.25) is 0 Å². The van der Waals surface area contributed by atoms with Gasteiger partial charge in [-0.2, -0.15) is 0 Å². The largest absolute Gasteiger partial charge is 0.384 e. The Morgan fingerprint density at radius 2 is 1.78 bits per heavy atom. The number of nitrogens with zero attached hydrogens (tertiary/aromatic N) is 3. The molecule has 0 bridgehead atoms. The number of nitrogens with two attached hydrogens (primary N) is 1. The zero-order valence-electron chi connectivity index (χ0n) is 21.9. The lowest BCUT2D eigenvalue weighted by Gasteiger charge is -2.14. The average molecular weight is 541 g/mol. The molecule has 200 valence electrons. The van der Waals surface area contributed by atoms with E-state index in [1.54, 1.807) is 18.3 Å². The highest BCUT2D eigenvalue weighted by molar-refractivity contribution is 6.15. The molecule has 0 unspecified atom stereocenters. The first-order chi connectivity index (χ1) is 20.1. The van der Waals surface area contributed by atoms with E-state index in [0.29, 0.717) is 41.1 Å². The Morgan fingerprint density at radius 3 is 2.63 bits per heavy atom. The minimum Gasteiger partial charge on any atom is -0.384 e. The molecule has 0 aliphatic rings. The first-order valence-corrected chi connectivity index (χ1v) is 13.3. The van der Waals surface area contributed by atoms with Gasteiger partial charge in [-0.05, 0) is 60.7 Å². The van der Waals surface area contributed by atoms with Crippen molar-refractivity contribution < 1.29 is 9.18 Å². The number of imidazole rings is 1. The first kappa shape index (κ1) is 24.5. The maximum atomic E-state index is 13.9. The number of pyridine rings is 1. The van der Waals surface area contributed by atoms with Crippen molar-refractivity contribution in [2.45, 2.75) is 6.42 Å². The van der Waals surface area contributed by atoms with Gasteiger partial charge in [-0.3, -0.25) is 9.78 Å². The number of aromatic amines is 1. The van der Waals surface area contributed by atoms with Gasteiger partial charge in [0.05, 0.1) is 27.6 Å². The summed E-state index contributed by atoms with van der Waals surface area (Å²) in [6, 6.07) is 30.3. The Kier molecular flexibility index (Phi) is 5.93. The molecular formula is C33H25FN6O. The topological polar surface area (TPSA) is 102 Å². The fraction of sp³-hybridized carbons (Fsp3) is 0.0606. The molecule has 8 heteroatoms. The van der Waals surface area contributed by atoms with E-state index in [2.05, 4.69) is 38.1 Å². The molecule has 0 aliphatic heterocycles. The third-order valence-electron chi connectivity index (χ3n) is 7.35. The van der Waals surface area contributed by atoms with E-state index >= 15 is 0 Å². The highest BCUT2D eigenvalue weighted by Gasteiger charge is 2.19. The summed E-state index contributed by atoms with van der Waals surface area (Å²) in [7, 11) is 0. The van der Waals surface area contributed by atoms with Gasteiger partial charge in [-0.1, -0.05) is 36.4 Å². The Morgan fingerprint density at radius 1 is 0.927 bits per heavy atom. The van der Waals surface area contributed by atoms with Crippen LogP contribution in [-0.2, 0) is 6.42 Å². The summed E-state index contributed by atoms with van der Waals surface area (Å²) in [6.45, 7) is 0.588. The fourth-order valence-corrected chi connectivity index (χ4v) is 5.51. The number of hydrogen-bond acceptors (Lipinski definition) is 4. The number of carbonyl (C=O) groups excluding carboxylic acids is 1. The maximum absolute atomic E-state index is 13.9. The predicted molar refractivity (Wildman–Crippen MR) is 161 cm³/mol. The van der Waals surface area contributed by atoms with Crippen molar-refractivity contribution in [2.24, 2.45) is 5.73 Å². The molecule has 0 saturated heterocycles. The molecule has 0 radical (unpaired) electrons. The van der Waals surface area contributed by atoms with Gasteiger partial charge in [0.15, 0.2) is 0 Å². The number of fused-ring (bicyclic) bond motifs is 4. The Balaban J connectivity index is 1.37. The number of H-pyrrole nitrogens is 1. The molecular weight excluding hydrogens is 515 g/mol. The van der Waals surface area contributed by atoms with Gasteiger partial charge >= 0.3 is 0 Å². The second-order valence-electron chi connectivity index (χ2n) is 9.89. The molecule has 0 saturated carbocycles. The molecule has 7 rings (SSSR count). The first-order valence-electron chi connectivity index (χ1n) is 13.3. The summed E-state index contributed by atoms with van der Waals surface area (Å²) in [4.78, 5) is 24.8. The van der Waals surface area contributed by atoms with Gasteiger partial charge in [-0.25, -0.2) is 9.37 Å². The van der Waals surface area contributed by atoms with Crippen molar-refractivity contribution >= 4 is 44.4 Å². The Labute approximate surface area is 234 Å². The molecule has 7 nitrogen and oxygen atoms in total. The van der Waals surface area contributed by atoms with Crippen LogP contribution in [0.5, 0.6) is 0 Å². The Hall–Kier alpha value is -5.50. The monoisotopic (exact) mass is 540 g/mol. The van der Waals surface area contributed by atoms with Crippen LogP contribution in [0.3, 0.4) is 0 Å². The van der Waals surface area contributed by atoms with Gasteiger partial charge in [0.1, 0.15) is 11.6 Å². The maximum Gasteiger partial charge on any atom is 0.250 e. The van der Waals surface area contributed by atoms with E-state index in [9.17, 15) is 9.18 Å². The van der Waals surface area contributed by atoms with Gasteiger partial charge < -0.3 is 20.6 Å². The Bertz CT molecular complexity index is 2080. The van der Waals surface area contributed by atoms with Crippen molar-refractivity contribution in [3.8, 4) is 17.1 Å². The molecule has 7 aromatic rings. The number of primary amides is 1. The minimum absolute atomic E-state index is 0.314. The van der Waals surface area contributed by atoms with Crippen LogP contribution in [-0.4, -0.2) is 32.0 Å². The van der Waals surface area contributed by atoms with Gasteiger partial charge in [0, 0.05) is 52.6 Å². The fourth-order valence-electron chi connectivity index (χ4n) is 5.51. The zero-order chi connectivity index (χ0) is 27.9. The molecule has 4 N–H and O–H groups in total. The smallest absolute Gasteiger partial charge is 0.250 e. The average Bonchev–Trinajstić information content (AvgIpc) is 3.56. The van der Waals surface area contributed by atoms with Crippen LogP contribution >= 0.6 is 0 Å². The second-order valence-corrected chi connectivity index (χ2v) is 9.89. The van der Waals surface area contributed by atoms with E-state index in [1.807, 2.05) is 54.6 Å². The van der Waals surface area contributed by atoms with Crippen molar-refractivity contribution in [3.63, 3.8) is 0 Å². The van der Waals surface area contributed by atoms with Crippen LogP contribution in [0.4, 0.5) is 10.1 Å². The van der Waals surface area contributed by atoms with Gasteiger partial charge in [0.25, 0.3) is 5.91 Å². The normalized spacial score (nSPS) is 11.4. The summed E-state index contributed by atoms with van der Waals surface area (Å²) >= 11 is 0. The minimum atomic E-state index is -0.497. The molecule has 4 aromatic carbocycles. The SMILES string of the molecule is NC(=O)c1ccc(-n2c3ccccc3c3c(-c4nc5ccc(F)cc5[nH]4)cccc32)cc1NCCc1ccccn1. The third kappa shape index (κ3) is 4.35. The summed E-state index contributed by atoms with van der Waals surface area (Å²) in [6.07, 6.45) is 2.47. The number of benzene rings is 4. The van der Waals surface area contributed by atoms with Crippen molar-refractivity contribution in [2.75, 3.05) is 11.9 Å². The van der Waals surface area contributed by atoms with Crippen LogP contribution in [0.25, 0.3) is 49.9 Å². The number of halogens is 1. The summed E-state index contributed by atoms with van der Waals surface area (Å²) in [5.74, 6) is -0.144. The summed E-state index contributed by atoms with van der Waals surface area (Å²) < 4.78 is 16.1. The second kappa shape index (κ2) is 9.91. The van der Waals surface area contributed by atoms with E-state index in [1.165, 1.54) is 12.1 Å². The molecule has 3 aromatic heterocycles. The summed E-state index contributed by atoms with van der Waals surface area (Å²) in [5.41, 5.74) is 12.9. The molecule has 0 spiro atoms. The molecule has 0 fully saturated rings. The van der Waals surface area contributed by atoms with Crippen LogP contribution in [0.15, 0.2) is 103 Å². The van der Waals surface area contributed by atoms with E-state index < -0.39 is 5.91 Å². The zero-order valence-corrected chi connectivity index (χ0v) is 21.9. The van der Waals surface area contributed by atoms with Crippen LogP contribution in [0, 0.1) is 5.82 Å². The number of nitrogens with one attached hydrogen (secondary N) is 2. The quantitative estimate of drug-likeness (QED) is 0.212. The lowest BCUT2D eigenvalue weighted by atomic mass is 10.1. The third-order valence-corrected chi connectivity index (χ3v) is 7.35. The summed E-state index contributed by atoms with van der Waals surface area (Å²) in [5, 5.41) is 5.47. The number of aromatic nitrogens is 4. The molecule has 41 heavy (non-hydrogen) atoms. The molecule has 3 heterocycles. The van der Waals surface area contributed by atoms with Gasteiger partial charge in [-0.15, -0.1) is 0 Å². The van der Waals surface area contributed by atoms with Crippen LogP contribution in [0.2, 0.25) is 0 Å². The van der Waals surface area contributed by atoms with Crippen molar-refractivity contribution in [1.29, 1.82) is 0 Å². The highest BCUT2D eigenvalue weighted by atomic mass is 19.1. The van der Waals surface area contributed by atoms with Crippen LogP contribution in [0.1, 0.15) is 16.1 Å². The molecule has 0 aliphatic carbocycles. The molecule has 0 atom stereocenters. The highest BCUT2D eigenvalue weighted by Crippen LogP contribution is 2.38. The lowest BCUT2D eigenvalue weighted by Crippen LogP contribution is -2.16. The van der Waals surface area contributed by atoms with E-state index in [4.69, 9.17) is 10.7 Å². The number of rotatable bonds is 7. The van der Waals surface area contributed by atoms with E-state index in [0.717, 1.165) is 38.8 Å². The lowest BCUT2D eigenvalue weighted by molar-refractivity contribution is 0.100. The van der Waals surface area contributed by atoms with Crippen molar-refractivity contribution in [1.82, 2.24) is 19.5 Å². The van der Waals surface area contributed by atoms with Crippen molar-refractivity contribution in [3.05, 3.63) is 120 Å². The predicted octanol–water partition coefficient (Wildman–Crippen LogP) is 6.61. The van der Waals surface area contributed by atoms with E-state index in [-0.39, 0.29) is 5.82 Å². The number of hydrogen-bond donors (Lipinski definition) is 3. The number of para-hydroxylation sites is 1.